The molecule has 2 fully saturated rings. The van der Waals surface area contributed by atoms with Gasteiger partial charge in [0.25, 0.3) is 0 Å². The minimum Gasteiger partial charge on any atom is -0.496 e. The van der Waals surface area contributed by atoms with Gasteiger partial charge in [-0.25, -0.2) is 0 Å². The highest BCUT2D eigenvalue weighted by Crippen LogP contribution is 2.44. The van der Waals surface area contributed by atoms with Gasteiger partial charge >= 0.3 is 0 Å². The quantitative estimate of drug-likeness (QED) is 0.855. The minimum absolute atomic E-state index is 0.00783. The normalized spacial score (nSPS) is 27.9. The topological polar surface area (TPSA) is 38.3 Å². The summed E-state index contributed by atoms with van der Waals surface area (Å²) in [5, 5.41) is 3.15. The highest BCUT2D eigenvalue weighted by Gasteiger charge is 2.39. The first-order valence-corrected chi connectivity index (χ1v) is 7.38. The van der Waals surface area contributed by atoms with E-state index in [1.807, 2.05) is 30.3 Å². The van der Waals surface area contributed by atoms with E-state index in [0.717, 1.165) is 17.2 Å². The number of benzene rings is 1. The molecule has 0 aliphatic heterocycles. The Labute approximate surface area is 120 Å². The van der Waals surface area contributed by atoms with E-state index in [1.54, 1.807) is 13.2 Å². The van der Waals surface area contributed by atoms with E-state index in [1.165, 1.54) is 25.7 Å². The maximum atomic E-state index is 12.0. The Morgan fingerprint density at radius 2 is 2.15 bits per heavy atom. The molecule has 2 aliphatic rings. The van der Waals surface area contributed by atoms with Gasteiger partial charge in [-0.2, -0.15) is 0 Å². The largest absolute Gasteiger partial charge is 0.496 e. The molecule has 0 saturated heterocycles. The van der Waals surface area contributed by atoms with E-state index in [0.29, 0.717) is 12.0 Å². The van der Waals surface area contributed by atoms with Crippen molar-refractivity contribution in [3.05, 3.63) is 35.9 Å². The Balaban J connectivity index is 1.60. The number of nitrogens with one attached hydrogen (secondary N) is 1. The van der Waals surface area contributed by atoms with Crippen molar-refractivity contribution in [2.45, 2.75) is 31.7 Å². The first-order chi connectivity index (χ1) is 9.76. The molecule has 1 aromatic carbocycles. The number of carbonyl (C=O) groups excluding carboxylic acids is 1. The lowest BCUT2D eigenvalue weighted by Gasteiger charge is -2.22. The number of ether oxygens (including phenoxy) is 1. The number of amides is 1. The molecule has 1 amide bonds. The second kappa shape index (κ2) is 5.70. The van der Waals surface area contributed by atoms with E-state index in [9.17, 15) is 4.79 Å². The van der Waals surface area contributed by atoms with Crippen LogP contribution < -0.4 is 10.1 Å². The van der Waals surface area contributed by atoms with E-state index in [2.05, 4.69) is 5.32 Å². The molecule has 0 radical (unpaired) electrons. The van der Waals surface area contributed by atoms with Gasteiger partial charge in [0.15, 0.2) is 0 Å². The zero-order valence-electron chi connectivity index (χ0n) is 11.8. The van der Waals surface area contributed by atoms with Gasteiger partial charge in [-0.1, -0.05) is 24.6 Å². The van der Waals surface area contributed by atoms with E-state index >= 15 is 0 Å². The molecule has 3 heteroatoms. The van der Waals surface area contributed by atoms with Gasteiger partial charge < -0.3 is 10.1 Å². The summed E-state index contributed by atoms with van der Waals surface area (Å²) >= 11 is 0. The van der Waals surface area contributed by atoms with Gasteiger partial charge in [0.1, 0.15) is 5.75 Å². The zero-order chi connectivity index (χ0) is 13.9. The van der Waals surface area contributed by atoms with E-state index < -0.39 is 0 Å². The maximum Gasteiger partial charge on any atom is 0.244 e. The summed E-state index contributed by atoms with van der Waals surface area (Å²) in [7, 11) is 1.64. The lowest BCUT2D eigenvalue weighted by molar-refractivity contribution is -0.117. The number of rotatable bonds is 4. The number of fused-ring (bicyclic) bond motifs is 2. The lowest BCUT2D eigenvalue weighted by Crippen LogP contribution is -2.37. The maximum absolute atomic E-state index is 12.0. The van der Waals surface area contributed by atoms with Crippen LogP contribution in [0, 0.1) is 11.8 Å². The van der Waals surface area contributed by atoms with Crippen LogP contribution in [0.2, 0.25) is 0 Å². The number of hydrogen-bond donors (Lipinski definition) is 1. The summed E-state index contributed by atoms with van der Waals surface area (Å²) in [6, 6.07) is 8.10. The average molecular weight is 271 g/mol. The summed E-state index contributed by atoms with van der Waals surface area (Å²) in [5.74, 6) is 2.36. The van der Waals surface area contributed by atoms with Crippen LogP contribution in [0.15, 0.2) is 30.3 Å². The number of para-hydroxylation sites is 1. The Kier molecular flexibility index (Phi) is 3.77. The molecule has 2 aliphatic carbocycles. The molecule has 0 spiro atoms. The molecule has 2 bridgehead atoms. The first kappa shape index (κ1) is 13.2. The van der Waals surface area contributed by atoms with Crippen molar-refractivity contribution in [2.75, 3.05) is 7.11 Å². The summed E-state index contributed by atoms with van der Waals surface area (Å²) in [5.41, 5.74) is 0.929. The van der Waals surface area contributed by atoms with Crippen LogP contribution >= 0.6 is 0 Å². The average Bonchev–Trinajstić information content (AvgIpc) is 3.08. The lowest BCUT2D eigenvalue weighted by atomic mass is 9.95. The summed E-state index contributed by atoms with van der Waals surface area (Å²) < 4.78 is 5.27. The Hall–Kier alpha value is -1.77. The van der Waals surface area contributed by atoms with Crippen LogP contribution in [-0.2, 0) is 4.79 Å². The van der Waals surface area contributed by atoms with Crippen molar-refractivity contribution in [2.24, 2.45) is 11.8 Å². The molecule has 0 unspecified atom stereocenters. The van der Waals surface area contributed by atoms with Crippen molar-refractivity contribution >= 4 is 12.0 Å². The number of carbonyl (C=O) groups is 1. The molecule has 3 atom stereocenters. The third-order valence-electron chi connectivity index (χ3n) is 4.62. The predicted molar refractivity (Wildman–Crippen MR) is 79.4 cm³/mol. The van der Waals surface area contributed by atoms with Gasteiger partial charge in [-0.15, -0.1) is 0 Å². The van der Waals surface area contributed by atoms with Gasteiger partial charge in [-0.05, 0) is 43.2 Å². The Morgan fingerprint density at radius 1 is 1.30 bits per heavy atom. The van der Waals surface area contributed by atoms with Crippen molar-refractivity contribution < 1.29 is 9.53 Å². The van der Waals surface area contributed by atoms with Crippen LogP contribution in [0.4, 0.5) is 0 Å². The monoisotopic (exact) mass is 271 g/mol. The van der Waals surface area contributed by atoms with Crippen molar-refractivity contribution in [1.29, 1.82) is 0 Å². The third-order valence-corrected chi connectivity index (χ3v) is 4.62. The second-order valence-electron chi connectivity index (χ2n) is 5.87. The SMILES string of the molecule is COc1ccccc1/C=C/C(=O)N[C@@H]1C[C@H]2CC[C@H]1C2. The molecule has 2 saturated carbocycles. The zero-order valence-corrected chi connectivity index (χ0v) is 11.8. The van der Waals surface area contributed by atoms with Gasteiger partial charge in [-0.3, -0.25) is 4.79 Å². The number of hydrogen-bond acceptors (Lipinski definition) is 2. The van der Waals surface area contributed by atoms with Crippen molar-refractivity contribution in [3.8, 4) is 5.75 Å². The minimum atomic E-state index is 0.00783. The van der Waals surface area contributed by atoms with Crippen LogP contribution in [0.3, 0.4) is 0 Å². The smallest absolute Gasteiger partial charge is 0.244 e. The fraction of sp³-hybridized carbons (Fsp3) is 0.471. The Morgan fingerprint density at radius 3 is 2.85 bits per heavy atom. The highest BCUT2D eigenvalue weighted by atomic mass is 16.5. The molecule has 1 N–H and O–H groups in total. The van der Waals surface area contributed by atoms with E-state index in [-0.39, 0.29) is 5.91 Å². The van der Waals surface area contributed by atoms with Crippen molar-refractivity contribution in [3.63, 3.8) is 0 Å². The van der Waals surface area contributed by atoms with E-state index in [4.69, 9.17) is 4.74 Å². The van der Waals surface area contributed by atoms with Crippen molar-refractivity contribution in [1.82, 2.24) is 5.32 Å². The van der Waals surface area contributed by atoms with Crippen LogP contribution in [0.1, 0.15) is 31.2 Å². The van der Waals surface area contributed by atoms with Crippen LogP contribution in [0.25, 0.3) is 6.08 Å². The Bertz CT molecular complexity index is 523. The van der Waals surface area contributed by atoms with Gasteiger partial charge in [0, 0.05) is 17.7 Å². The van der Waals surface area contributed by atoms with Crippen LogP contribution in [-0.4, -0.2) is 19.1 Å². The standard InChI is InChI=1S/C17H21NO2/c1-20-16-5-3-2-4-13(16)8-9-17(19)18-15-11-12-6-7-14(15)10-12/h2-5,8-9,12,14-15H,6-7,10-11H2,1H3,(H,18,19)/b9-8+/t12-,14-,15+/m0/s1. The highest BCUT2D eigenvalue weighted by molar-refractivity contribution is 5.92. The van der Waals surface area contributed by atoms with Gasteiger partial charge in [0.05, 0.1) is 7.11 Å². The molecule has 3 nitrogen and oxygen atoms in total. The molecule has 0 aromatic heterocycles. The fourth-order valence-corrected chi connectivity index (χ4v) is 3.62. The first-order valence-electron chi connectivity index (χ1n) is 7.38. The molecule has 106 valence electrons. The molecule has 1 aromatic rings. The summed E-state index contributed by atoms with van der Waals surface area (Å²) in [6.45, 7) is 0. The molecular formula is C17H21NO2. The summed E-state index contributed by atoms with van der Waals surface area (Å²) in [4.78, 5) is 12.0. The molecular weight excluding hydrogens is 250 g/mol. The predicted octanol–water partition coefficient (Wildman–Crippen LogP) is 3.01. The summed E-state index contributed by atoms with van der Waals surface area (Å²) in [6.07, 6.45) is 8.55. The van der Waals surface area contributed by atoms with Gasteiger partial charge in [0.2, 0.25) is 5.91 Å². The second-order valence-corrected chi connectivity index (χ2v) is 5.87. The molecule has 3 rings (SSSR count). The molecule has 20 heavy (non-hydrogen) atoms. The van der Waals surface area contributed by atoms with Crippen LogP contribution in [0.5, 0.6) is 5.75 Å². The third kappa shape index (κ3) is 2.72. The fourth-order valence-electron chi connectivity index (χ4n) is 3.62. The number of methoxy groups -OCH3 is 1. The molecule has 0 heterocycles.